The average molecular weight is 382 g/mol. The van der Waals surface area contributed by atoms with E-state index in [0.29, 0.717) is 18.7 Å². The molecule has 1 saturated heterocycles. The first-order valence-electron chi connectivity index (χ1n) is 9.63. The van der Waals surface area contributed by atoms with Crippen molar-refractivity contribution >= 4 is 11.6 Å². The number of aryl methyl sites for hydroxylation is 2. The molecule has 0 bridgehead atoms. The molecule has 28 heavy (non-hydrogen) atoms. The summed E-state index contributed by atoms with van der Waals surface area (Å²) in [6.45, 7) is 6.89. The molecule has 0 radical (unpaired) electrons. The molecule has 148 valence electrons. The Morgan fingerprint density at radius 2 is 2.21 bits per heavy atom. The number of amides is 1. The first kappa shape index (κ1) is 18.7. The SMILES string of the molecule is Cc1cc(CN2CC[C@@]3(CC(C(=O)N(C)Cc4ccccn4)=NO3)C2)oc1C. The molecule has 0 unspecified atom stereocenters. The number of hydrogen-bond acceptors (Lipinski definition) is 6. The lowest BCUT2D eigenvalue weighted by Gasteiger charge is -2.21. The molecule has 7 heteroatoms. The summed E-state index contributed by atoms with van der Waals surface area (Å²) in [5.41, 5.74) is 2.12. The zero-order chi connectivity index (χ0) is 19.7. The Kier molecular flexibility index (Phi) is 4.93. The van der Waals surface area contributed by atoms with E-state index < -0.39 is 5.60 Å². The molecule has 0 aromatic carbocycles. The molecule has 1 atom stereocenters. The van der Waals surface area contributed by atoms with Crippen LogP contribution in [-0.2, 0) is 22.7 Å². The number of carbonyl (C=O) groups is 1. The van der Waals surface area contributed by atoms with E-state index in [4.69, 9.17) is 9.25 Å². The van der Waals surface area contributed by atoms with Gasteiger partial charge in [-0.15, -0.1) is 0 Å². The molecular formula is C21H26N4O3. The number of pyridine rings is 1. The standard InChI is InChI=1S/C21H26N4O3/c1-15-10-18(27-16(15)2)13-25-9-7-21(14-25)11-19(23-28-21)20(26)24(3)12-17-6-4-5-8-22-17/h4-6,8,10H,7,9,11-14H2,1-3H3/t21-/m1/s1. The number of likely N-dealkylation sites (tertiary alicyclic amines) is 1. The van der Waals surface area contributed by atoms with Gasteiger partial charge in [0.05, 0.1) is 18.8 Å². The van der Waals surface area contributed by atoms with Gasteiger partial charge in [0.2, 0.25) is 0 Å². The summed E-state index contributed by atoms with van der Waals surface area (Å²) in [5.74, 6) is 1.84. The summed E-state index contributed by atoms with van der Waals surface area (Å²) in [4.78, 5) is 26.8. The number of furan rings is 1. The Hall–Kier alpha value is -2.67. The highest BCUT2D eigenvalue weighted by atomic mass is 16.7. The third-order valence-electron chi connectivity index (χ3n) is 5.55. The van der Waals surface area contributed by atoms with Crippen LogP contribution in [0, 0.1) is 13.8 Å². The van der Waals surface area contributed by atoms with Gasteiger partial charge in [-0.2, -0.15) is 0 Å². The van der Waals surface area contributed by atoms with Crippen molar-refractivity contribution < 1.29 is 14.0 Å². The molecule has 4 rings (SSSR count). The second-order valence-electron chi connectivity index (χ2n) is 7.88. The van der Waals surface area contributed by atoms with E-state index in [9.17, 15) is 4.79 Å². The average Bonchev–Trinajstić information content (AvgIpc) is 3.36. The number of hydrogen-bond donors (Lipinski definition) is 0. The highest BCUT2D eigenvalue weighted by molar-refractivity contribution is 6.39. The Morgan fingerprint density at radius 1 is 1.36 bits per heavy atom. The number of aromatic nitrogens is 1. The number of rotatable bonds is 5. The largest absolute Gasteiger partial charge is 0.465 e. The van der Waals surface area contributed by atoms with Crippen LogP contribution in [0.3, 0.4) is 0 Å². The van der Waals surface area contributed by atoms with Gasteiger partial charge in [-0.1, -0.05) is 11.2 Å². The van der Waals surface area contributed by atoms with Gasteiger partial charge >= 0.3 is 0 Å². The van der Waals surface area contributed by atoms with Crippen LogP contribution in [0.4, 0.5) is 0 Å². The van der Waals surface area contributed by atoms with Gasteiger partial charge in [-0.25, -0.2) is 0 Å². The van der Waals surface area contributed by atoms with Crippen LogP contribution in [0.25, 0.3) is 0 Å². The third-order valence-corrected chi connectivity index (χ3v) is 5.55. The molecule has 4 heterocycles. The monoisotopic (exact) mass is 382 g/mol. The van der Waals surface area contributed by atoms with E-state index in [1.807, 2.05) is 25.1 Å². The van der Waals surface area contributed by atoms with Crippen LogP contribution >= 0.6 is 0 Å². The number of oxime groups is 1. The van der Waals surface area contributed by atoms with Crippen molar-refractivity contribution in [2.75, 3.05) is 20.1 Å². The Bertz CT molecular complexity index is 873. The van der Waals surface area contributed by atoms with Crippen LogP contribution in [0.5, 0.6) is 0 Å². The Labute approximate surface area is 165 Å². The van der Waals surface area contributed by atoms with Crippen molar-refractivity contribution in [1.82, 2.24) is 14.8 Å². The maximum Gasteiger partial charge on any atom is 0.271 e. The van der Waals surface area contributed by atoms with Crippen LogP contribution in [0.15, 0.2) is 40.0 Å². The molecule has 0 saturated carbocycles. The Morgan fingerprint density at radius 3 is 2.93 bits per heavy atom. The van der Waals surface area contributed by atoms with E-state index in [2.05, 4.69) is 28.0 Å². The first-order valence-corrected chi connectivity index (χ1v) is 9.63. The molecule has 2 aromatic heterocycles. The lowest BCUT2D eigenvalue weighted by molar-refractivity contribution is -0.123. The van der Waals surface area contributed by atoms with Gasteiger partial charge in [-0.05, 0) is 37.6 Å². The van der Waals surface area contributed by atoms with Gasteiger partial charge in [0.1, 0.15) is 17.2 Å². The first-order chi connectivity index (χ1) is 13.4. The summed E-state index contributed by atoms with van der Waals surface area (Å²) in [6.07, 6.45) is 3.13. The van der Waals surface area contributed by atoms with Crippen molar-refractivity contribution in [3.63, 3.8) is 0 Å². The molecule has 0 aliphatic carbocycles. The van der Waals surface area contributed by atoms with Gasteiger partial charge in [0.15, 0.2) is 5.60 Å². The van der Waals surface area contributed by atoms with Crippen molar-refractivity contribution in [2.24, 2.45) is 5.16 Å². The second kappa shape index (κ2) is 7.39. The molecule has 7 nitrogen and oxygen atoms in total. The maximum absolute atomic E-state index is 12.8. The summed E-state index contributed by atoms with van der Waals surface area (Å²) in [6, 6.07) is 7.78. The minimum absolute atomic E-state index is 0.0988. The minimum atomic E-state index is -0.395. The molecule has 2 aromatic rings. The fraction of sp³-hybridized carbons (Fsp3) is 0.476. The molecular weight excluding hydrogens is 356 g/mol. The lowest BCUT2D eigenvalue weighted by atomic mass is 9.96. The van der Waals surface area contributed by atoms with E-state index in [-0.39, 0.29) is 5.91 Å². The highest BCUT2D eigenvalue weighted by Crippen LogP contribution is 2.35. The molecule has 0 N–H and O–H groups in total. The summed E-state index contributed by atoms with van der Waals surface area (Å²) < 4.78 is 5.80. The molecule has 2 aliphatic rings. The molecule has 1 amide bonds. The third kappa shape index (κ3) is 3.80. The van der Waals surface area contributed by atoms with Crippen LogP contribution in [-0.4, -0.2) is 52.1 Å². The van der Waals surface area contributed by atoms with Crippen molar-refractivity contribution in [1.29, 1.82) is 0 Å². The molecule has 1 spiro atoms. The highest BCUT2D eigenvalue weighted by Gasteiger charge is 2.47. The van der Waals surface area contributed by atoms with E-state index >= 15 is 0 Å². The van der Waals surface area contributed by atoms with Crippen molar-refractivity contribution in [3.8, 4) is 0 Å². The number of nitrogens with zero attached hydrogens (tertiary/aromatic N) is 4. The zero-order valence-corrected chi connectivity index (χ0v) is 16.6. The predicted molar refractivity (Wildman–Crippen MR) is 105 cm³/mol. The predicted octanol–water partition coefficient (Wildman–Crippen LogP) is 2.67. The fourth-order valence-electron chi connectivity index (χ4n) is 3.89. The summed E-state index contributed by atoms with van der Waals surface area (Å²) in [7, 11) is 1.77. The number of carbonyl (C=O) groups excluding carboxylic acids is 1. The summed E-state index contributed by atoms with van der Waals surface area (Å²) >= 11 is 0. The lowest BCUT2D eigenvalue weighted by Crippen LogP contribution is -2.37. The zero-order valence-electron chi connectivity index (χ0n) is 16.6. The second-order valence-corrected chi connectivity index (χ2v) is 7.88. The smallest absolute Gasteiger partial charge is 0.271 e. The van der Waals surface area contributed by atoms with Gasteiger partial charge in [0, 0.05) is 39.2 Å². The van der Waals surface area contributed by atoms with E-state index in [1.54, 1.807) is 18.1 Å². The van der Waals surface area contributed by atoms with Crippen LogP contribution in [0.1, 0.15) is 35.6 Å². The van der Waals surface area contributed by atoms with Gasteiger partial charge in [-0.3, -0.25) is 14.7 Å². The van der Waals surface area contributed by atoms with Crippen LogP contribution in [0.2, 0.25) is 0 Å². The normalized spacial score (nSPS) is 21.8. The van der Waals surface area contributed by atoms with E-state index in [1.165, 1.54) is 5.56 Å². The van der Waals surface area contributed by atoms with Crippen LogP contribution < -0.4 is 0 Å². The van der Waals surface area contributed by atoms with Gasteiger partial charge in [0.25, 0.3) is 5.91 Å². The molecule has 2 aliphatic heterocycles. The fourth-order valence-corrected chi connectivity index (χ4v) is 3.89. The van der Waals surface area contributed by atoms with Crippen molar-refractivity contribution in [3.05, 3.63) is 53.2 Å². The Balaban J connectivity index is 1.33. The van der Waals surface area contributed by atoms with Crippen molar-refractivity contribution in [2.45, 2.75) is 45.4 Å². The van der Waals surface area contributed by atoms with E-state index in [0.717, 1.165) is 43.3 Å². The molecule has 1 fully saturated rings. The topological polar surface area (TPSA) is 71.2 Å². The quantitative estimate of drug-likeness (QED) is 0.795. The van der Waals surface area contributed by atoms with Gasteiger partial charge < -0.3 is 14.2 Å². The minimum Gasteiger partial charge on any atom is -0.465 e. The summed E-state index contributed by atoms with van der Waals surface area (Å²) in [5, 5.41) is 4.15. The maximum atomic E-state index is 12.8.